The Hall–Kier alpha value is -1.77. The van der Waals surface area contributed by atoms with E-state index >= 15 is 0 Å². The minimum Gasteiger partial charge on any atom is -0.391 e. The van der Waals surface area contributed by atoms with Crippen LogP contribution in [0.15, 0.2) is 35.1 Å². The normalized spacial score (nSPS) is 22.0. The van der Waals surface area contributed by atoms with Crippen LogP contribution in [0.25, 0.3) is 11.0 Å². The number of imidazole rings is 1. The maximum Gasteiger partial charge on any atom is 0.309 e. The summed E-state index contributed by atoms with van der Waals surface area (Å²) < 4.78 is 2.18. The molecule has 2 N–H and O–H groups in total. The Morgan fingerprint density at radius 3 is 3.13 bits per heavy atom. The van der Waals surface area contributed by atoms with Gasteiger partial charge in [-0.15, -0.1) is 0 Å². The van der Waals surface area contributed by atoms with Crippen molar-refractivity contribution >= 4 is 32.7 Å². The van der Waals surface area contributed by atoms with Gasteiger partial charge < -0.3 is 15.0 Å². The zero-order valence-corrected chi connectivity index (χ0v) is 13.9. The molecule has 2 aromatic rings. The van der Waals surface area contributed by atoms with Crippen molar-refractivity contribution < 1.29 is 10.0 Å². The number of aromatic nitrogens is 2. The van der Waals surface area contributed by atoms with Crippen LogP contribution in [0.1, 0.15) is 12.8 Å². The van der Waals surface area contributed by atoms with E-state index in [1.807, 2.05) is 12.2 Å². The molecule has 1 aliphatic heterocycles. The molecule has 7 nitrogen and oxygen atoms in total. The molecular weight excluding hydrogens is 364 g/mol. The highest BCUT2D eigenvalue weighted by atomic mass is 79.9. The molecule has 1 aliphatic rings. The van der Waals surface area contributed by atoms with Crippen molar-refractivity contribution in [2.24, 2.45) is 0 Å². The van der Waals surface area contributed by atoms with Gasteiger partial charge in [-0.3, -0.25) is 10.1 Å². The molecule has 23 heavy (non-hydrogen) atoms. The van der Waals surface area contributed by atoms with Crippen LogP contribution >= 0.6 is 15.9 Å². The number of nitrogens with zero attached hydrogens (tertiary/aromatic N) is 3. The van der Waals surface area contributed by atoms with E-state index in [4.69, 9.17) is 0 Å². The van der Waals surface area contributed by atoms with Crippen molar-refractivity contribution in [2.45, 2.75) is 31.5 Å². The van der Waals surface area contributed by atoms with Gasteiger partial charge in [0.1, 0.15) is 5.52 Å². The van der Waals surface area contributed by atoms with E-state index in [2.05, 4.69) is 26.2 Å². The monoisotopic (exact) mass is 380 g/mol. The van der Waals surface area contributed by atoms with Crippen molar-refractivity contribution in [3.63, 3.8) is 0 Å². The van der Waals surface area contributed by atoms with Crippen LogP contribution in [0.3, 0.4) is 0 Å². The number of hydrogen-bond donors (Lipinski definition) is 2. The Labute approximate surface area is 141 Å². The minimum absolute atomic E-state index is 0.0178. The van der Waals surface area contributed by atoms with E-state index in [1.54, 1.807) is 23.0 Å². The second kappa shape index (κ2) is 6.77. The summed E-state index contributed by atoms with van der Waals surface area (Å²) in [4.78, 5) is 15.1. The Bertz CT molecular complexity index is 759. The van der Waals surface area contributed by atoms with E-state index in [-0.39, 0.29) is 17.8 Å². The SMILES string of the molecule is O=[N+]([O-])c1c(Br)ccc2ncn(C/C=C/[C@H]3NCCC[C@@H]3O)c12. The topological polar surface area (TPSA) is 93.2 Å². The fourth-order valence-corrected chi connectivity index (χ4v) is 3.31. The van der Waals surface area contributed by atoms with Crippen LogP contribution in [0, 0.1) is 10.1 Å². The van der Waals surface area contributed by atoms with Gasteiger partial charge in [0.05, 0.1) is 33.4 Å². The molecule has 3 rings (SSSR count). The number of hydrogen-bond acceptors (Lipinski definition) is 5. The van der Waals surface area contributed by atoms with Crippen LogP contribution in [0.5, 0.6) is 0 Å². The summed E-state index contributed by atoms with van der Waals surface area (Å²) in [5.74, 6) is 0. The Kier molecular flexibility index (Phi) is 4.74. The Balaban J connectivity index is 1.86. The maximum atomic E-state index is 11.3. The molecule has 2 heterocycles. The molecule has 1 aromatic carbocycles. The van der Waals surface area contributed by atoms with Crippen LogP contribution in [0.4, 0.5) is 5.69 Å². The number of nitro benzene ring substituents is 1. The lowest BCUT2D eigenvalue weighted by molar-refractivity contribution is -0.384. The van der Waals surface area contributed by atoms with Gasteiger partial charge in [0.2, 0.25) is 0 Å². The van der Waals surface area contributed by atoms with Crippen molar-refractivity contribution in [1.82, 2.24) is 14.9 Å². The first-order valence-corrected chi connectivity index (χ1v) is 8.23. The van der Waals surface area contributed by atoms with Gasteiger partial charge in [0, 0.05) is 6.54 Å². The van der Waals surface area contributed by atoms with E-state index < -0.39 is 4.92 Å². The molecule has 0 unspecified atom stereocenters. The molecule has 0 bridgehead atoms. The predicted molar refractivity (Wildman–Crippen MR) is 90.3 cm³/mol. The van der Waals surface area contributed by atoms with Crippen molar-refractivity contribution in [2.75, 3.05) is 6.54 Å². The molecule has 2 atom stereocenters. The molecule has 0 amide bonds. The summed E-state index contributed by atoms with van der Waals surface area (Å²) in [6, 6.07) is 3.31. The summed E-state index contributed by atoms with van der Waals surface area (Å²) in [6.07, 6.45) is 6.78. The second-order valence-corrected chi connectivity index (χ2v) is 6.39. The van der Waals surface area contributed by atoms with Gasteiger partial charge in [-0.25, -0.2) is 4.98 Å². The van der Waals surface area contributed by atoms with Gasteiger partial charge in [-0.05, 0) is 47.4 Å². The first-order chi connectivity index (χ1) is 11.1. The largest absolute Gasteiger partial charge is 0.391 e. The number of aliphatic hydroxyl groups is 1. The molecule has 1 saturated heterocycles. The first-order valence-electron chi connectivity index (χ1n) is 7.44. The maximum absolute atomic E-state index is 11.3. The molecule has 8 heteroatoms. The number of nitrogens with one attached hydrogen (secondary N) is 1. The number of benzene rings is 1. The fourth-order valence-electron chi connectivity index (χ4n) is 2.85. The smallest absolute Gasteiger partial charge is 0.309 e. The van der Waals surface area contributed by atoms with Gasteiger partial charge in [-0.2, -0.15) is 0 Å². The van der Waals surface area contributed by atoms with E-state index in [9.17, 15) is 15.2 Å². The van der Waals surface area contributed by atoms with Gasteiger partial charge in [0.15, 0.2) is 0 Å². The highest BCUT2D eigenvalue weighted by molar-refractivity contribution is 9.10. The summed E-state index contributed by atoms with van der Waals surface area (Å²) >= 11 is 3.23. The molecule has 1 fully saturated rings. The number of halogens is 1. The fraction of sp³-hybridized carbons (Fsp3) is 0.400. The number of aliphatic hydroxyl groups excluding tert-OH is 1. The third kappa shape index (κ3) is 3.29. The lowest BCUT2D eigenvalue weighted by atomic mass is 10.0. The standard InChI is InChI=1S/C15H17BrN4O3/c16-10-5-6-12-15(14(10)20(22)23)19(9-18-12)8-2-3-11-13(21)4-1-7-17-11/h2-3,5-6,9,11,13,17,21H,1,4,7-8H2/b3-2+/t11-,13+/m1/s1. The molecule has 1 aromatic heterocycles. The Morgan fingerprint density at radius 2 is 2.39 bits per heavy atom. The molecule has 0 radical (unpaired) electrons. The lowest BCUT2D eigenvalue weighted by Gasteiger charge is -2.26. The quantitative estimate of drug-likeness (QED) is 0.482. The third-order valence-electron chi connectivity index (χ3n) is 4.00. The average molecular weight is 381 g/mol. The number of allylic oxidation sites excluding steroid dienone is 1. The number of rotatable bonds is 4. The average Bonchev–Trinajstić information content (AvgIpc) is 2.92. The van der Waals surface area contributed by atoms with Crippen molar-refractivity contribution in [1.29, 1.82) is 0 Å². The minimum atomic E-state index is -0.402. The van der Waals surface area contributed by atoms with Crippen molar-refractivity contribution in [3.05, 3.63) is 45.2 Å². The van der Waals surface area contributed by atoms with Crippen LogP contribution in [-0.2, 0) is 6.54 Å². The second-order valence-electron chi connectivity index (χ2n) is 5.54. The molecule has 0 saturated carbocycles. The third-order valence-corrected chi connectivity index (χ3v) is 4.64. The zero-order chi connectivity index (χ0) is 16.4. The highest BCUT2D eigenvalue weighted by Crippen LogP contribution is 2.32. The van der Waals surface area contributed by atoms with Crippen LogP contribution in [0.2, 0.25) is 0 Å². The van der Waals surface area contributed by atoms with Gasteiger partial charge in [-0.1, -0.05) is 12.2 Å². The number of nitro groups is 1. The predicted octanol–water partition coefficient (Wildman–Crippen LogP) is 2.38. The summed E-state index contributed by atoms with van der Waals surface area (Å²) in [7, 11) is 0. The summed E-state index contributed by atoms with van der Waals surface area (Å²) in [5, 5.41) is 24.5. The summed E-state index contributed by atoms with van der Waals surface area (Å²) in [5.41, 5.74) is 1.10. The highest BCUT2D eigenvalue weighted by Gasteiger charge is 2.21. The van der Waals surface area contributed by atoms with Gasteiger partial charge in [0.25, 0.3) is 0 Å². The molecule has 122 valence electrons. The summed E-state index contributed by atoms with van der Waals surface area (Å²) in [6.45, 7) is 1.34. The Morgan fingerprint density at radius 1 is 1.57 bits per heavy atom. The first kappa shape index (κ1) is 16.1. The van der Waals surface area contributed by atoms with E-state index in [0.717, 1.165) is 19.4 Å². The van der Waals surface area contributed by atoms with E-state index in [1.165, 1.54) is 0 Å². The molecule has 0 aliphatic carbocycles. The number of piperidine rings is 1. The van der Waals surface area contributed by atoms with Crippen LogP contribution < -0.4 is 5.32 Å². The van der Waals surface area contributed by atoms with Gasteiger partial charge >= 0.3 is 5.69 Å². The van der Waals surface area contributed by atoms with Crippen molar-refractivity contribution in [3.8, 4) is 0 Å². The van der Waals surface area contributed by atoms with E-state index in [0.29, 0.717) is 22.1 Å². The molecular formula is C15H17BrN4O3. The molecule has 0 spiro atoms. The number of fused-ring (bicyclic) bond motifs is 1. The van der Waals surface area contributed by atoms with Crippen LogP contribution in [-0.4, -0.2) is 38.3 Å². The zero-order valence-electron chi connectivity index (χ0n) is 12.4. The lowest BCUT2D eigenvalue weighted by Crippen LogP contribution is -2.43.